The molecule has 0 atom stereocenters. The molecule has 67 heavy (non-hydrogen) atoms. The van der Waals surface area contributed by atoms with E-state index in [0.29, 0.717) is 0 Å². The van der Waals surface area contributed by atoms with Crippen molar-refractivity contribution in [2.24, 2.45) is 0 Å². The Bertz CT molecular complexity index is 3420. The minimum Gasteiger partial charge on any atom is -0.456 e. The molecule has 0 spiro atoms. The van der Waals surface area contributed by atoms with E-state index in [4.69, 9.17) is 4.42 Å². The highest BCUT2D eigenvalue weighted by molar-refractivity contribution is 6.93. The smallest absolute Gasteiger partial charge is 0.333 e. The zero-order chi connectivity index (χ0) is 46.9. The van der Waals surface area contributed by atoms with Crippen LogP contribution in [0.4, 0.5) is 28.4 Å². The Balaban J connectivity index is 1.32. The Kier molecular flexibility index (Phi) is 9.67. The first-order chi connectivity index (χ1) is 31.8. The molecular weight excluding hydrogens is 812 g/mol. The number of benzene rings is 8. The van der Waals surface area contributed by atoms with Crippen LogP contribution in [0.25, 0.3) is 55.3 Å². The van der Waals surface area contributed by atoms with Gasteiger partial charge < -0.3 is 14.1 Å². The third kappa shape index (κ3) is 7.02. The van der Waals surface area contributed by atoms with Crippen LogP contribution < -0.4 is 20.6 Å². The normalized spacial score (nSPS) is 13.6. The number of aryl methyl sites for hydroxylation is 3. The van der Waals surface area contributed by atoms with E-state index in [2.05, 4.69) is 244 Å². The molecule has 3 nitrogen and oxygen atoms in total. The molecule has 3 heterocycles. The SMILES string of the molecule is Cc1cc(C)c(-c2cc3c4c(c2)N(c2ccc(C(C)(C)C)cc2-c2ccccc2)c2cc5oc6ccccc6c5cc2B4N(c2ccc(C(C)(C)C)cc2)c2ccc(C(C)(C)C)cc2-3)c(C)c1. The Hall–Kier alpha value is -6.78. The number of hydrogen-bond donors (Lipinski definition) is 0. The molecule has 0 aliphatic carbocycles. The van der Waals surface area contributed by atoms with Gasteiger partial charge in [-0.3, -0.25) is 0 Å². The Labute approximate surface area is 398 Å². The molecule has 0 amide bonds. The van der Waals surface area contributed by atoms with E-state index in [1.54, 1.807) is 0 Å². The lowest BCUT2D eigenvalue weighted by Gasteiger charge is -2.46. The van der Waals surface area contributed by atoms with Gasteiger partial charge in [0.2, 0.25) is 0 Å². The van der Waals surface area contributed by atoms with Crippen molar-refractivity contribution in [3.63, 3.8) is 0 Å². The fourth-order valence-electron chi connectivity index (χ4n) is 11.1. The molecule has 0 fully saturated rings. The topological polar surface area (TPSA) is 19.6 Å². The van der Waals surface area contributed by atoms with E-state index >= 15 is 0 Å². The minimum absolute atomic E-state index is 0.0211. The molecular formula is C63H61BN2O. The van der Waals surface area contributed by atoms with Crippen molar-refractivity contribution in [3.05, 3.63) is 185 Å². The van der Waals surface area contributed by atoms with Crippen LogP contribution in [0.2, 0.25) is 0 Å². The summed E-state index contributed by atoms with van der Waals surface area (Å²) in [6.45, 7) is 27.4. The molecule has 0 bridgehead atoms. The Morgan fingerprint density at radius 2 is 1.03 bits per heavy atom. The highest BCUT2D eigenvalue weighted by atomic mass is 16.3. The molecule has 11 rings (SSSR count). The molecule has 0 radical (unpaired) electrons. The second-order valence-corrected chi connectivity index (χ2v) is 22.5. The van der Waals surface area contributed by atoms with Gasteiger partial charge in [0.05, 0.1) is 5.69 Å². The van der Waals surface area contributed by atoms with E-state index in [1.165, 1.54) is 94.7 Å². The molecule has 0 saturated heterocycles. The molecule has 8 aromatic carbocycles. The van der Waals surface area contributed by atoms with Crippen molar-refractivity contribution < 1.29 is 4.42 Å². The summed E-state index contributed by atoms with van der Waals surface area (Å²) in [7, 11) is 0. The number of nitrogens with zero attached hydrogens (tertiary/aromatic N) is 2. The number of fused-ring (bicyclic) bond motifs is 7. The summed E-state index contributed by atoms with van der Waals surface area (Å²) in [5.41, 5.74) is 25.3. The summed E-state index contributed by atoms with van der Waals surface area (Å²) in [6.07, 6.45) is 0. The summed E-state index contributed by atoms with van der Waals surface area (Å²) in [4.78, 5) is 5.24. The first-order valence-electron chi connectivity index (χ1n) is 24.1. The first-order valence-corrected chi connectivity index (χ1v) is 24.1. The highest BCUT2D eigenvalue weighted by Crippen LogP contribution is 2.52. The monoisotopic (exact) mass is 872 g/mol. The second-order valence-electron chi connectivity index (χ2n) is 22.5. The fraction of sp³-hybridized carbons (Fsp3) is 0.238. The van der Waals surface area contributed by atoms with Crippen LogP contribution in [0.1, 0.15) is 95.7 Å². The molecule has 0 unspecified atom stereocenters. The van der Waals surface area contributed by atoms with Crippen LogP contribution in [-0.2, 0) is 16.2 Å². The highest BCUT2D eigenvalue weighted by Gasteiger charge is 2.46. The molecule has 4 heteroatoms. The van der Waals surface area contributed by atoms with Crippen molar-refractivity contribution >= 4 is 68.1 Å². The maximum atomic E-state index is 6.83. The number of para-hydroxylation sites is 1. The van der Waals surface area contributed by atoms with Gasteiger partial charge in [-0.05, 0) is 153 Å². The van der Waals surface area contributed by atoms with Crippen molar-refractivity contribution in [2.45, 2.75) is 99.3 Å². The van der Waals surface area contributed by atoms with Gasteiger partial charge in [-0.25, -0.2) is 0 Å². The van der Waals surface area contributed by atoms with Gasteiger partial charge in [0.1, 0.15) is 11.2 Å². The summed E-state index contributed by atoms with van der Waals surface area (Å²) >= 11 is 0. The van der Waals surface area contributed by atoms with Crippen LogP contribution in [0.5, 0.6) is 0 Å². The quantitative estimate of drug-likeness (QED) is 0.164. The van der Waals surface area contributed by atoms with Crippen LogP contribution in [0.3, 0.4) is 0 Å². The number of rotatable bonds is 4. The van der Waals surface area contributed by atoms with Gasteiger partial charge in [0.15, 0.2) is 0 Å². The largest absolute Gasteiger partial charge is 0.456 e. The maximum absolute atomic E-state index is 6.83. The zero-order valence-corrected chi connectivity index (χ0v) is 41.3. The minimum atomic E-state index is -0.161. The van der Waals surface area contributed by atoms with Crippen LogP contribution in [0, 0.1) is 20.8 Å². The average molecular weight is 873 g/mol. The lowest BCUT2D eigenvalue weighted by molar-refractivity contribution is 0.590. The zero-order valence-electron chi connectivity index (χ0n) is 41.3. The fourth-order valence-corrected chi connectivity index (χ4v) is 11.1. The molecule has 0 saturated carbocycles. The van der Waals surface area contributed by atoms with Gasteiger partial charge in [0.25, 0.3) is 0 Å². The van der Waals surface area contributed by atoms with Crippen LogP contribution >= 0.6 is 0 Å². The van der Waals surface area contributed by atoms with E-state index in [1.807, 2.05) is 0 Å². The summed E-state index contributed by atoms with van der Waals surface area (Å²) in [5, 5.41) is 2.26. The van der Waals surface area contributed by atoms with Crippen molar-refractivity contribution in [2.75, 3.05) is 9.71 Å². The molecule has 9 aromatic rings. The van der Waals surface area contributed by atoms with Gasteiger partial charge in [-0.15, -0.1) is 0 Å². The number of hydrogen-bond acceptors (Lipinski definition) is 3. The van der Waals surface area contributed by atoms with Crippen molar-refractivity contribution in [1.82, 2.24) is 0 Å². The van der Waals surface area contributed by atoms with Gasteiger partial charge >= 0.3 is 6.85 Å². The number of furan rings is 1. The van der Waals surface area contributed by atoms with Gasteiger partial charge in [0, 0.05) is 50.7 Å². The third-order valence-electron chi connectivity index (χ3n) is 14.6. The van der Waals surface area contributed by atoms with Crippen molar-refractivity contribution in [1.29, 1.82) is 0 Å². The lowest BCUT2D eigenvalue weighted by atomic mass is 9.43. The molecule has 2 aliphatic rings. The molecule has 2 aliphatic heterocycles. The molecule has 0 N–H and O–H groups in total. The summed E-state index contributed by atoms with van der Waals surface area (Å²) in [5.74, 6) is 0. The third-order valence-corrected chi connectivity index (χ3v) is 14.6. The number of anilines is 5. The molecule has 1 aromatic heterocycles. The standard InChI is InChI=1S/C63H61BN2O/c1-38-30-39(2)59(40(3)31-38)42-32-51-49-35-45(63(10,11)12)25-29-54(49)66(46-26-22-43(23-27-46)61(4,5)6)64-52-36-50-47-20-16-17-21-57(47)67-58(50)37-55(52)65(56(33-42)60(51)64)53-28-24-44(62(7,8)9)34-48(53)41-18-14-13-15-19-41/h13-37H,1-12H3. The van der Waals surface area contributed by atoms with Crippen LogP contribution in [-0.4, -0.2) is 6.85 Å². The van der Waals surface area contributed by atoms with Gasteiger partial charge in [-0.2, -0.15) is 0 Å². The second kappa shape index (κ2) is 15.1. The molecule has 332 valence electrons. The lowest BCUT2D eigenvalue weighted by Crippen LogP contribution is -2.61. The Morgan fingerprint density at radius 1 is 0.433 bits per heavy atom. The van der Waals surface area contributed by atoms with Crippen LogP contribution in [0.15, 0.2) is 156 Å². The van der Waals surface area contributed by atoms with E-state index in [0.717, 1.165) is 33.3 Å². The summed E-state index contributed by atoms with van der Waals surface area (Å²) in [6, 6.07) is 57.8. The van der Waals surface area contributed by atoms with E-state index in [-0.39, 0.29) is 23.1 Å². The first kappa shape index (κ1) is 42.8. The average Bonchev–Trinajstić information content (AvgIpc) is 3.65. The predicted molar refractivity (Wildman–Crippen MR) is 289 cm³/mol. The van der Waals surface area contributed by atoms with E-state index < -0.39 is 0 Å². The predicted octanol–water partition coefficient (Wildman–Crippen LogP) is 16.4. The van der Waals surface area contributed by atoms with Crippen molar-refractivity contribution in [3.8, 4) is 33.4 Å². The summed E-state index contributed by atoms with van der Waals surface area (Å²) < 4.78 is 6.83. The maximum Gasteiger partial charge on any atom is 0.333 e. The van der Waals surface area contributed by atoms with E-state index in [9.17, 15) is 0 Å². The van der Waals surface area contributed by atoms with Gasteiger partial charge in [-0.1, -0.05) is 159 Å². The Morgan fingerprint density at radius 3 is 1.69 bits per heavy atom.